The second kappa shape index (κ2) is 9.49. The number of likely N-dealkylation sites (N-methyl/N-ethyl adjacent to an activating group) is 1. The van der Waals surface area contributed by atoms with E-state index >= 15 is 0 Å². The molecule has 190 valence electrons. The van der Waals surface area contributed by atoms with Crippen molar-refractivity contribution in [3.63, 3.8) is 0 Å². The maximum atomic E-state index is 6.17. The van der Waals surface area contributed by atoms with Crippen LogP contribution in [-0.2, 0) is 11.8 Å². The molecule has 0 atom stereocenters. The fraction of sp³-hybridized carbons (Fsp3) is 0.586. The van der Waals surface area contributed by atoms with Gasteiger partial charge in [-0.15, -0.1) is 0 Å². The molecule has 4 fully saturated rings. The van der Waals surface area contributed by atoms with E-state index in [1.54, 1.807) is 0 Å². The Labute approximate surface area is 218 Å². The van der Waals surface area contributed by atoms with E-state index < -0.39 is 0 Å². The number of hydrogen-bond acceptors (Lipinski definition) is 7. The number of rotatable bonds is 8. The average Bonchev–Trinajstić information content (AvgIpc) is 3.33. The van der Waals surface area contributed by atoms with Gasteiger partial charge in [0.2, 0.25) is 0 Å². The minimum atomic E-state index is 0.261. The summed E-state index contributed by atoms with van der Waals surface area (Å²) in [4.78, 5) is 16.7. The van der Waals surface area contributed by atoms with Crippen molar-refractivity contribution in [3.8, 4) is 22.5 Å². The van der Waals surface area contributed by atoms with Gasteiger partial charge in [-0.3, -0.25) is 4.98 Å². The zero-order valence-electron chi connectivity index (χ0n) is 22.0. The molecule has 7 rings (SSSR count). The van der Waals surface area contributed by atoms with Crippen molar-refractivity contribution in [3.05, 3.63) is 46.9 Å². The first-order chi connectivity index (χ1) is 17.4. The number of hydrogen-bond donors (Lipinski definition) is 0. The molecule has 6 nitrogen and oxygen atoms in total. The second-order valence-electron chi connectivity index (χ2n) is 11.7. The number of aromatic nitrogens is 4. The van der Waals surface area contributed by atoms with Crippen LogP contribution in [0.25, 0.3) is 11.5 Å². The molecule has 7 heteroatoms. The van der Waals surface area contributed by atoms with Crippen LogP contribution in [0.15, 0.2) is 24.5 Å². The molecule has 0 spiro atoms. The molecule has 0 amide bonds. The molecule has 0 unspecified atom stereocenters. The third-order valence-corrected chi connectivity index (χ3v) is 9.60. The smallest absolute Gasteiger partial charge is 0.299 e. The lowest BCUT2D eigenvalue weighted by Gasteiger charge is -2.56. The van der Waals surface area contributed by atoms with Gasteiger partial charge in [-0.05, 0) is 113 Å². The summed E-state index contributed by atoms with van der Waals surface area (Å²) in [6.07, 6.45) is 13.1. The molecule has 4 bridgehead atoms. The van der Waals surface area contributed by atoms with Crippen LogP contribution in [0.4, 0.5) is 0 Å². The van der Waals surface area contributed by atoms with Crippen molar-refractivity contribution in [2.75, 3.05) is 20.1 Å². The standard InChI is InChI=1S/C29H37N5OS/c1-5-34(4)7-6-23-8-19(3)25(9-18(23)2)35-28-32-27(33-36-28)24-16-31-26(17-30-24)29-13-20-10-21(14-29)12-22(11-20)15-29/h8-9,16-17,20-22H,5-7,10-15H2,1-4H3. The first-order valence-electron chi connectivity index (χ1n) is 13.5. The third-order valence-electron chi connectivity index (χ3n) is 9.00. The van der Waals surface area contributed by atoms with Crippen molar-refractivity contribution >= 4 is 11.5 Å². The van der Waals surface area contributed by atoms with Crippen LogP contribution in [0.3, 0.4) is 0 Å². The molecule has 2 heterocycles. The Hall–Kier alpha value is -2.38. The molecular weight excluding hydrogens is 466 g/mol. The van der Waals surface area contributed by atoms with Crippen LogP contribution in [0.1, 0.15) is 67.8 Å². The van der Waals surface area contributed by atoms with Crippen molar-refractivity contribution in [1.29, 1.82) is 0 Å². The summed E-state index contributed by atoms with van der Waals surface area (Å²) in [5.41, 5.74) is 5.90. The highest BCUT2D eigenvalue weighted by Gasteiger charge is 2.52. The molecule has 2 aromatic heterocycles. The Bertz CT molecular complexity index is 1200. The van der Waals surface area contributed by atoms with Crippen molar-refractivity contribution in [2.45, 2.75) is 71.1 Å². The van der Waals surface area contributed by atoms with Gasteiger partial charge in [-0.25, -0.2) is 4.98 Å². The van der Waals surface area contributed by atoms with Gasteiger partial charge in [-0.1, -0.05) is 13.0 Å². The topological polar surface area (TPSA) is 64.0 Å². The number of aryl methyl sites for hydroxylation is 2. The van der Waals surface area contributed by atoms with Crippen LogP contribution in [0.2, 0.25) is 0 Å². The van der Waals surface area contributed by atoms with Crippen LogP contribution in [0.5, 0.6) is 10.9 Å². The third kappa shape index (κ3) is 4.56. The summed E-state index contributed by atoms with van der Waals surface area (Å²) in [6, 6.07) is 4.36. The maximum Gasteiger partial charge on any atom is 0.299 e. The molecule has 1 aromatic carbocycles. The lowest BCUT2D eigenvalue weighted by Crippen LogP contribution is -2.49. The highest BCUT2D eigenvalue weighted by Crippen LogP contribution is 2.60. The Morgan fingerprint density at radius 1 is 1.00 bits per heavy atom. The number of benzene rings is 1. The lowest BCUT2D eigenvalue weighted by atomic mass is 9.49. The summed E-state index contributed by atoms with van der Waals surface area (Å²) in [7, 11) is 2.16. The second-order valence-corrected chi connectivity index (χ2v) is 12.4. The number of nitrogens with zero attached hydrogens (tertiary/aromatic N) is 5. The Morgan fingerprint density at radius 3 is 2.36 bits per heavy atom. The van der Waals surface area contributed by atoms with E-state index in [0.29, 0.717) is 11.0 Å². The van der Waals surface area contributed by atoms with E-state index in [0.717, 1.165) is 54.3 Å². The van der Waals surface area contributed by atoms with Gasteiger partial charge in [0.25, 0.3) is 5.19 Å². The molecule has 4 aliphatic rings. The molecule has 4 saturated carbocycles. The SMILES string of the molecule is CCN(C)CCc1cc(C)c(Oc2nc(-c3cnc(C45CC6CC(CC(C6)C4)C5)cn3)ns2)cc1C. The molecule has 0 N–H and O–H groups in total. The van der Waals surface area contributed by atoms with Crippen molar-refractivity contribution < 1.29 is 4.74 Å². The Kier molecular flexibility index (Phi) is 6.32. The molecule has 0 aliphatic heterocycles. The van der Waals surface area contributed by atoms with E-state index in [9.17, 15) is 0 Å². The Morgan fingerprint density at radius 2 is 1.72 bits per heavy atom. The predicted molar refractivity (Wildman–Crippen MR) is 144 cm³/mol. The highest BCUT2D eigenvalue weighted by molar-refractivity contribution is 7.07. The first-order valence-corrected chi connectivity index (χ1v) is 14.3. The maximum absolute atomic E-state index is 6.17. The van der Waals surface area contributed by atoms with E-state index in [2.05, 4.69) is 54.2 Å². The fourth-order valence-electron chi connectivity index (χ4n) is 7.29. The molecular formula is C29H37N5OS. The quantitative estimate of drug-likeness (QED) is 0.356. The Balaban J connectivity index is 1.15. The van der Waals surface area contributed by atoms with E-state index in [4.69, 9.17) is 14.7 Å². The van der Waals surface area contributed by atoms with Gasteiger partial charge in [0.15, 0.2) is 5.82 Å². The summed E-state index contributed by atoms with van der Waals surface area (Å²) in [6.45, 7) is 8.56. The normalized spacial score (nSPS) is 26.6. The van der Waals surface area contributed by atoms with Gasteiger partial charge in [0.05, 0.1) is 11.9 Å². The van der Waals surface area contributed by atoms with Crippen LogP contribution in [-0.4, -0.2) is 44.4 Å². The van der Waals surface area contributed by atoms with Gasteiger partial charge in [0, 0.05) is 29.7 Å². The summed E-state index contributed by atoms with van der Waals surface area (Å²) < 4.78 is 10.7. The van der Waals surface area contributed by atoms with Gasteiger partial charge < -0.3 is 9.64 Å². The van der Waals surface area contributed by atoms with Crippen LogP contribution in [0, 0.1) is 31.6 Å². The van der Waals surface area contributed by atoms with E-state index in [1.807, 2.05) is 12.4 Å². The molecule has 0 saturated heterocycles. The zero-order valence-corrected chi connectivity index (χ0v) is 22.8. The minimum Gasteiger partial charge on any atom is -0.430 e. The molecule has 36 heavy (non-hydrogen) atoms. The largest absolute Gasteiger partial charge is 0.430 e. The van der Waals surface area contributed by atoms with Gasteiger partial charge in [-0.2, -0.15) is 9.36 Å². The highest BCUT2D eigenvalue weighted by atomic mass is 32.1. The monoisotopic (exact) mass is 503 g/mol. The predicted octanol–water partition coefficient (Wildman–Crippen LogP) is 6.37. The van der Waals surface area contributed by atoms with Crippen LogP contribution >= 0.6 is 11.5 Å². The summed E-state index contributed by atoms with van der Waals surface area (Å²) in [5, 5.41) is 0.540. The van der Waals surface area contributed by atoms with Gasteiger partial charge >= 0.3 is 0 Å². The van der Waals surface area contributed by atoms with Crippen LogP contribution < -0.4 is 4.74 Å². The van der Waals surface area contributed by atoms with Crippen molar-refractivity contribution in [1.82, 2.24) is 24.2 Å². The molecule has 3 aromatic rings. The van der Waals surface area contributed by atoms with Crippen molar-refractivity contribution in [2.24, 2.45) is 17.8 Å². The first kappa shape index (κ1) is 24.0. The minimum absolute atomic E-state index is 0.261. The number of ether oxygens (including phenoxy) is 1. The fourth-order valence-corrected chi connectivity index (χ4v) is 7.84. The van der Waals surface area contributed by atoms with E-state index in [1.165, 1.54) is 66.9 Å². The summed E-state index contributed by atoms with van der Waals surface area (Å²) in [5.74, 6) is 4.13. The zero-order chi connectivity index (χ0) is 24.9. The molecule has 4 aliphatic carbocycles. The lowest BCUT2D eigenvalue weighted by molar-refractivity contribution is -0.00736. The average molecular weight is 504 g/mol. The summed E-state index contributed by atoms with van der Waals surface area (Å²) >= 11 is 1.27. The van der Waals surface area contributed by atoms with E-state index in [-0.39, 0.29) is 5.41 Å². The van der Waals surface area contributed by atoms with Gasteiger partial charge in [0.1, 0.15) is 11.4 Å². The molecule has 0 radical (unpaired) electrons.